The molecule has 2 rings (SSSR count). The number of carbonyl (C=O) groups is 2. The van der Waals surface area contributed by atoms with E-state index in [9.17, 15) is 14.4 Å². The number of amides is 3. The van der Waals surface area contributed by atoms with E-state index in [1.807, 2.05) is 20.8 Å². The minimum atomic E-state index is -0.654. The fraction of sp³-hybridized carbons (Fsp3) is 0.474. The molecule has 1 aromatic heterocycles. The minimum Gasteiger partial charge on any atom is -0.396 e. The summed E-state index contributed by atoms with van der Waals surface area (Å²) in [6, 6.07) is 6.40. The first kappa shape index (κ1) is 21.9. The Morgan fingerprint density at radius 3 is 2.61 bits per heavy atom. The quantitative estimate of drug-likeness (QED) is 0.499. The fourth-order valence-electron chi connectivity index (χ4n) is 2.46. The van der Waals surface area contributed by atoms with E-state index in [4.69, 9.17) is 5.11 Å². The van der Waals surface area contributed by atoms with Gasteiger partial charge in [-0.3, -0.25) is 19.5 Å². The molecule has 1 aromatic carbocycles. The number of hydrogen-bond acceptors (Lipinski definition) is 6. The first-order valence-electron chi connectivity index (χ1n) is 9.02. The predicted molar refractivity (Wildman–Crippen MR) is 109 cm³/mol. The number of aliphatic hydroxyl groups excluding tert-OH is 1. The van der Waals surface area contributed by atoms with Crippen molar-refractivity contribution in [2.24, 2.45) is 0 Å². The van der Waals surface area contributed by atoms with E-state index >= 15 is 0 Å². The van der Waals surface area contributed by atoms with E-state index in [1.54, 1.807) is 31.2 Å². The first-order chi connectivity index (χ1) is 13.1. The normalized spacial score (nSPS) is 12.6. The Balaban J connectivity index is 2.25. The highest BCUT2D eigenvalue weighted by Crippen LogP contribution is 2.23. The molecule has 0 fully saturated rings. The van der Waals surface area contributed by atoms with Crippen LogP contribution >= 0.6 is 11.8 Å². The van der Waals surface area contributed by atoms with Gasteiger partial charge in [0.15, 0.2) is 5.16 Å². The van der Waals surface area contributed by atoms with Crippen molar-refractivity contribution in [1.29, 1.82) is 0 Å². The van der Waals surface area contributed by atoms with Crippen LogP contribution in [0.25, 0.3) is 10.9 Å². The third-order valence-corrected chi connectivity index (χ3v) is 4.83. The van der Waals surface area contributed by atoms with Crippen LogP contribution < -0.4 is 16.2 Å². The van der Waals surface area contributed by atoms with Crippen LogP contribution in [-0.2, 0) is 11.3 Å². The summed E-state index contributed by atoms with van der Waals surface area (Å²) in [6.07, 6.45) is 0.391. The van der Waals surface area contributed by atoms with E-state index < -0.39 is 22.7 Å². The van der Waals surface area contributed by atoms with Gasteiger partial charge >= 0.3 is 6.03 Å². The van der Waals surface area contributed by atoms with Crippen LogP contribution in [0.2, 0.25) is 0 Å². The largest absolute Gasteiger partial charge is 0.396 e. The number of aromatic nitrogens is 2. The third kappa shape index (κ3) is 5.80. The van der Waals surface area contributed by atoms with E-state index in [-0.39, 0.29) is 18.7 Å². The highest BCUT2D eigenvalue weighted by Gasteiger charge is 2.22. The zero-order chi connectivity index (χ0) is 20.9. The molecule has 3 N–H and O–H groups in total. The molecule has 28 heavy (non-hydrogen) atoms. The summed E-state index contributed by atoms with van der Waals surface area (Å²) in [4.78, 5) is 41.6. The molecule has 8 nitrogen and oxygen atoms in total. The number of nitrogens with zero attached hydrogens (tertiary/aromatic N) is 2. The lowest BCUT2D eigenvalue weighted by Gasteiger charge is -2.21. The van der Waals surface area contributed by atoms with Crippen LogP contribution in [0.1, 0.15) is 34.1 Å². The van der Waals surface area contributed by atoms with Crippen LogP contribution in [0.4, 0.5) is 4.79 Å². The van der Waals surface area contributed by atoms with Crippen molar-refractivity contribution in [1.82, 2.24) is 20.2 Å². The Morgan fingerprint density at radius 2 is 1.96 bits per heavy atom. The number of nitrogens with one attached hydrogen (secondary N) is 2. The molecule has 0 unspecified atom stereocenters. The Kier molecular flexibility index (Phi) is 7.20. The van der Waals surface area contributed by atoms with Gasteiger partial charge in [0.1, 0.15) is 0 Å². The summed E-state index contributed by atoms with van der Waals surface area (Å²) in [5.41, 5.74) is -0.154. The lowest BCUT2D eigenvalue weighted by molar-refractivity contribution is -0.119. The predicted octanol–water partition coefficient (Wildman–Crippen LogP) is 1.88. The monoisotopic (exact) mass is 406 g/mol. The zero-order valence-electron chi connectivity index (χ0n) is 16.5. The van der Waals surface area contributed by atoms with Gasteiger partial charge in [0, 0.05) is 18.7 Å². The van der Waals surface area contributed by atoms with E-state index in [0.29, 0.717) is 22.5 Å². The van der Waals surface area contributed by atoms with Gasteiger partial charge in [-0.2, -0.15) is 0 Å². The number of thioether (sulfide) groups is 1. The van der Waals surface area contributed by atoms with Crippen molar-refractivity contribution >= 4 is 34.6 Å². The molecule has 0 aliphatic rings. The van der Waals surface area contributed by atoms with Crippen LogP contribution in [0.3, 0.4) is 0 Å². The topological polar surface area (TPSA) is 113 Å². The molecular weight excluding hydrogens is 380 g/mol. The van der Waals surface area contributed by atoms with Gasteiger partial charge in [-0.05, 0) is 46.2 Å². The Hall–Kier alpha value is -2.39. The van der Waals surface area contributed by atoms with Crippen molar-refractivity contribution in [2.45, 2.75) is 56.6 Å². The number of urea groups is 1. The summed E-state index contributed by atoms with van der Waals surface area (Å²) in [5.74, 6) is -0.483. The molecular formula is C19H26N4O4S. The van der Waals surface area contributed by atoms with E-state index in [0.717, 1.165) is 11.8 Å². The van der Waals surface area contributed by atoms with E-state index in [1.165, 1.54) is 4.57 Å². The highest BCUT2D eigenvalue weighted by molar-refractivity contribution is 8.00. The molecule has 0 radical (unpaired) electrons. The lowest BCUT2D eigenvalue weighted by Crippen LogP contribution is -2.49. The second-order valence-corrected chi connectivity index (χ2v) is 8.71. The maximum absolute atomic E-state index is 12.8. The van der Waals surface area contributed by atoms with Crippen molar-refractivity contribution in [3.05, 3.63) is 34.6 Å². The average molecular weight is 407 g/mol. The third-order valence-electron chi connectivity index (χ3n) is 3.74. The molecule has 0 saturated heterocycles. The van der Waals surface area contributed by atoms with Crippen LogP contribution in [0.15, 0.2) is 34.2 Å². The molecule has 0 bridgehead atoms. The molecule has 9 heteroatoms. The molecule has 0 spiro atoms. The average Bonchev–Trinajstić information content (AvgIpc) is 2.59. The number of para-hydroxylation sites is 1. The molecule has 2 aromatic rings. The summed E-state index contributed by atoms with van der Waals surface area (Å²) in [6.45, 7) is 7.30. The number of hydrogen-bond donors (Lipinski definition) is 3. The Labute approximate surface area is 167 Å². The molecule has 0 aliphatic heterocycles. The molecule has 1 heterocycles. The summed E-state index contributed by atoms with van der Waals surface area (Å²) in [7, 11) is 0. The molecule has 1 atom stereocenters. The summed E-state index contributed by atoms with van der Waals surface area (Å²) >= 11 is 1.10. The summed E-state index contributed by atoms with van der Waals surface area (Å²) < 4.78 is 1.46. The van der Waals surface area contributed by atoms with Gasteiger partial charge in [-0.25, -0.2) is 9.78 Å². The smallest absolute Gasteiger partial charge is 0.321 e. The van der Waals surface area contributed by atoms with Crippen LogP contribution in [0.5, 0.6) is 0 Å². The SMILES string of the molecule is C[C@H](Sc1nc2ccccc2c(=O)n1CCCO)C(=O)NC(=O)NC(C)(C)C. The molecule has 152 valence electrons. The van der Waals surface area contributed by atoms with Crippen LogP contribution in [0, 0.1) is 0 Å². The van der Waals surface area contributed by atoms with Gasteiger partial charge in [-0.1, -0.05) is 23.9 Å². The Bertz CT molecular complexity index is 920. The zero-order valence-corrected chi connectivity index (χ0v) is 17.3. The number of imide groups is 1. The molecule has 0 saturated carbocycles. The maximum Gasteiger partial charge on any atom is 0.321 e. The van der Waals surface area contributed by atoms with E-state index in [2.05, 4.69) is 15.6 Å². The van der Waals surface area contributed by atoms with Gasteiger partial charge in [0.25, 0.3) is 5.56 Å². The first-order valence-corrected chi connectivity index (χ1v) is 9.90. The minimum absolute atomic E-state index is 0.0631. The lowest BCUT2D eigenvalue weighted by atomic mass is 10.1. The van der Waals surface area contributed by atoms with Crippen molar-refractivity contribution in [2.75, 3.05) is 6.61 Å². The van der Waals surface area contributed by atoms with Crippen LogP contribution in [-0.4, -0.2) is 44.0 Å². The Morgan fingerprint density at radius 1 is 1.29 bits per heavy atom. The molecule has 0 aliphatic carbocycles. The maximum atomic E-state index is 12.8. The van der Waals surface area contributed by atoms with Gasteiger partial charge in [0.05, 0.1) is 16.2 Å². The fourth-order valence-corrected chi connectivity index (χ4v) is 3.40. The number of carbonyl (C=O) groups excluding carboxylic acids is 2. The number of benzene rings is 1. The summed E-state index contributed by atoms with van der Waals surface area (Å²) in [5, 5.41) is 14.3. The second kappa shape index (κ2) is 9.20. The van der Waals surface area contributed by atoms with Crippen molar-refractivity contribution in [3.8, 4) is 0 Å². The van der Waals surface area contributed by atoms with Gasteiger partial charge in [-0.15, -0.1) is 0 Å². The number of rotatable bonds is 6. The number of aliphatic hydroxyl groups is 1. The van der Waals surface area contributed by atoms with Gasteiger partial charge in [0.2, 0.25) is 5.91 Å². The molecule has 3 amide bonds. The number of fused-ring (bicyclic) bond motifs is 1. The van der Waals surface area contributed by atoms with Gasteiger partial charge < -0.3 is 10.4 Å². The van der Waals surface area contributed by atoms with Crippen molar-refractivity contribution in [3.63, 3.8) is 0 Å². The second-order valence-electron chi connectivity index (χ2n) is 7.40. The highest BCUT2D eigenvalue weighted by atomic mass is 32.2. The standard InChI is InChI=1S/C19H26N4O4S/c1-12(15(25)21-17(27)22-19(2,3)4)28-18-20-14-9-6-5-8-13(14)16(26)23(18)10-7-11-24/h5-6,8-9,12,24H,7,10-11H2,1-4H3,(H2,21,22,25,27)/t12-/m0/s1. The van der Waals surface area contributed by atoms with Crippen molar-refractivity contribution < 1.29 is 14.7 Å².